The van der Waals surface area contributed by atoms with Crippen LogP contribution in [0.4, 0.5) is 10.5 Å². The number of ether oxygens (including phenoxy) is 1. The molecule has 0 aliphatic carbocycles. The van der Waals surface area contributed by atoms with Gasteiger partial charge >= 0.3 is 6.03 Å². The molecule has 2 aliphatic rings. The van der Waals surface area contributed by atoms with E-state index in [1.807, 2.05) is 55.5 Å². The van der Waals surface area contributed by atoms with E-state index in [4.69, 9.17) is 4.74 Å². The van der Waals surface area contributed by atoms with Gasteiger partial charge in [-0.1, -0.05) is 30.3 Å². The maximum absolute atomic E-state index is 13.1. The summed E-state index contributed by atoms with van der Waals surface area (Å²) in [6, 6.07) is 14.8. The first-order valence-corrected chi connectivity index (χ1v) is 10.5. The lowest BCUT2D eigenvalue weighted by molar-refractivity contribution is -0.134. The standard InChI is InChI=1S/C24H27N3O4/c1-16-14-18-6-4-5-7-20(18)27(16)21(28)15-26-22(29)24(2,25-23(26)30)13-12-17-8-10-19(31-3)11-9-17/h4-11,16H,12-15H2,1-3H3,(H,25,30)/t16-,24-/m1/s1. The van der Waals surface area contributed by atoms with E-state index in [9.17, 15) is 14.4 Å². The Balaban J connectivity index is 1.43. The molecule has 2 heterocycles. The quantitative estimate of drug-likeness (QED) is 0.728. The summed E-state index contributed by atoms with van der Waals surface area (Å²) in [4.78, 5) is 41.5. The summed E-state index contributed by atoms with van der Waals surface area (Å²) >= 11 is 0. The summed E-state index contributed by atoms with van der Waals surface area (Å²) in [7, 11) is 1.61. The lowest BCUT2D eigenvalue weighted by Gasteiger charge is -2.25. The van der Waals surface area contributed by atoms with Gasteiger partial charge in [0.05, 0.1) is 7.11 Å². The molecule has 7 nitrogen and oxygen atoms in total. The van der Waals surface area contributed by atoms with Gasteiger partial charge in [-0.05, 0) is 62.4 Å². The van der Waals surface area contributed by atoms with Gasteiger partial charge in [-0.2, -0.15) is 0 Å². The minimum absolute atomic E-state index is 0.00729. The summed E-state index contributed by atoms with van der Waals surface area (Å²) in [5.41, 5.74) is 1.96. The Morgan fingerprint density at radius 1 is 1.16 bits per heavy atom. The topological polar surface area (TPSA) is 79.0 Å². The molecule has 0 aromatic heterocycles. The molecule has 2 aromatic carbocycles. The number of nitrogens with one attached hydrogen (secondary N) is 1. The van der Waals surface area contributed by atoms with Crippen LogP contribution in [0.15, 0.2) is 48.5 Å². The highest BCUT2D eigenvalue weighted by atomic mass is 16.5. The minimum atomic E-state index is -1.04. The molecule has 162 valence electrons. The predicted octanol–water partition coefficient (Wildman–Crippen LogP) is 2.92. The Labute approximate surface area is 182 Å². The number of aryl methyl sites for hydroxylation is 1. The van der Waals surface area contributed by atoms with Gasteiger partial charge in [0.15, 0.2) is 0 Å². The second-order valence-corrected chi connectivity index (χ2v) is 8.45. The minimum Gasteiger partial charge on any atom is -0.497 e. The van der Waals surface area contributed by atoms with Crippen LogP contribution in [0.1, 0.15) is 31.4 Å². The fraction of sp³-hybridized carbons (Fsp3) is 0.375. The molecule has 0 bridgehead atoms. The molecule has 4 rings (SSSR count). The van der Waals surface area contributed by atoms with Gasteiger partial charge in [-0.3, -0.25) is 14.5 Å². The molecule has 1 fully saturated rings. The number of urea groups is 1. The third-order valence-electron chi connectivity index (χ3n) is 6.19. The number of methoxy groups -OCH3 is 1. The summed E-state index contributed by atoms with van der Waals surface area (Å²) in [6.45, 7) is 3.43. The monoisotopic (exact) mass is 421 g/mol. The van der Waals surface area contributed by atoms with Crippen LogP contribution in [0.5, 0.6) is 5.75 Å². The number of carbonyl (C=O) groups excluding carboxylic acids is 3. The molecule has 0 spiro atoms. The van der Waals surface area contributed by atoms with Gasteiger partial charge in [-0.15, -0.1) is 0 Å². The van der Waals surface area contributed by atoms with Crippen molar-refractivity contribution >= 4 is 23.5 Å². The molecule has 31 heavy (non-hydrogen) atoms. The molecule has 0 saturated carbocycles. The zero-order valence-electron chi connectivity index (χ0n) is 18.1. The Bertz CT molecular complexity index is 1020. The van der Waals surface area contributed by atoms with Crippen molar-refractivity contribution in [1.82, 2.24) is 10.2 Å². The smallest absolute Gasteiger partial charge is 0.325 e. The van der Waals surface area contributed by atoms with E-state index in [0.717, 1.165) is 33.9 Å². The van der Waals surface area contributed by atoms with Gasteiger partial charge < -0.3 is 15.0 Å². The molecule has 2 aromatic rings. The van der Waals surface area contributed by atoms with Crippen molar-refractivity contribution in [2.24, 2.45) is 0 Å². The molecule has 4 amide bonds. The van der Waals surface area contributed by atoms with Gasteiger partial charge in [0, 0.05) is 11.7 Å². The van der Waals surface area contributed by atoms with Crippen LogP contribution in [0.25, 0.3) is 0 Å². The van der Waals surface area contributed by atoms with Crippen molar-refractivity contribution in [1.29, 1.82) is 0 Å². The van der Waals surface area contributed by atoms with Gasteiger partial charge in [0.25, 0.3) is 5.91 Å². The Morgan fingerprint density at radius 3 is 2.58 bits per heavy atom. The van der Waals surface area contributed by atoms with E-state index in [2.05, 4.69) is 5.32 Å². The average molecular weight is 421 g/mol. The fourth-order valence-corrected chi connectivity index (χ4v) is 4.40. The van der Waals surface area contributed by atoms with Crippen molar-refractivity contribution in [2.75, 3.05) is 18.6 Å². The molecular formula is C24H27N3O4. The molecule has 1 N–H and O–H groups in total. The van der Waals surface area contributed by atoms with Crippen LogP contribution in [0.2, 0.25) is 0 Å². The lowest BCUT2D eigenvalue weighted by Crippen LogP contribution is -2.47. The summed E-state index contributed by atoms with van der Waals surface area (Å²) in [6.07, 6.45) is 1.82. The third-order valence-corrected chi connectivity index (χ3v) is 6.19. The van der Waals surface area contributed by atoms with E-state index < -0.39 is 11.6 Å². The van der Waals surface area contributed by atoms with Crippen molar-refractivity contribution < 1.29 is 19.1 Å². The molecule has 0 radical (unpaired) electrons. The number of nitrogens with zero attached hydrogens (tertiary/aromatic N) is 2. The van der Waals surface area contributed by atoms with E-state index in [-0.39, 0.29) is 24.4 Å². The van der Waals surface area contributed by atoms with E-state index >= 15 is 0 Å². The fourth-order valence-electron chi connectivity index (χ4n) is 4.40. The number of anilines is 1. The Morgan fingerprint density at radius 2 is 1.87 bits per heavy atom. The number of hydrogen-bond acceptors (Lipinski definition) is 4. The maximum atomic E-state index is 13.1. The van der Waals surface area contributed by atoms with Gasteiger partial charge in [-0.25, -0.2) is 4.79 Å². The van der Waals surface area contributed by atoms with Crippen LogP contribution in [0, 0.1) is 0 Å². The summed E-state index contributed by atoms with van der Waals surface area (Å²) in [5, 5.41) is 2.79. The van der Waals surface area contributed by atoms with Crippen LogP contribution in [-0.2, 0) is 22.4 Å². The predicted molar refractivity (Wildman–Crippen MR) is 117 cm³/mol. The number of amides is 4. The maximum Gasteiger partial charge on any atom is 0.325 e. The number of benzene rings is 2. The zero-order chi connectivity index (χ0) is 22.2. The largest absolute Gasteiger partial charge is 0.497 e. The Hall–Kier alpha value is -3.35. The van der Waals surface area contributed by atoms with Gasteiger partial charge in [0.2, 0.25) is 5.91 Å². The van der Waals surface area contributed by atoms with Crippen LogP contribution >= 0.6 is 0 Å². The highest BCUT2D eigenvalue weighted by Gasteiger charge is 2.48. The van der Waals surface area contributed by atoms with E-state index in [1.165, 1.54) is 0 Å². The van der Waals surface area contributed by atoms with E-state index in [1.54, 1.807) is 18.9 Å². The average Bonchev–Trinajstić information content (AvgIpc) is 3.21. The van der Waals surface area contributed by atoms with Gasteiger partial charge in [0.1, 0.15) is 17.8 Å². The SMILES string of the molecule is COc1ccc(CC[C@@]2(C)NC(=O)N(CC(=O)N3c4ccccc4C[C@H]3C)C2=O)cc1. The molecule has 7 heteroatoms. The molecule has 2 atom stereocenters. The first-order valence-electron chi connectivity index (χ1n) is 10.5. The first kappa shape index (κ1) is 20.9. The van der Waals surface area contributed by atoms with Crippen LogP contribution in [0.3, 0.4) is 0 Å². The number of rotatable bonds is 6. The van der Waals surface area contributed by atoms with Crippen molar-refractivity contribution in [3.8, 4) is 5.75 Å². The highest BCUT2D eigenvalue weighted by Crippen LogP contribution is 2.32. The molecule has 0 unspecified atom stereocenters. The first-order chi connectivity index (χ1) is 14.8. The second kappa shape index (κ2) is 8.06. The molecule has 1 saturated heterocycles. The molecular weight excluding hydrogens is 394 g/mol. The van der Waals surface area contributed by atoms with Crippen LogP contribution < -0.4 is 15.0 Å². The summed E-state index contributed by atoms with van der Waals surface area (Å²) in [5.74, 6) is 0.155. The zero-order valence-corrected chi connectivity index (χ0v) is 18.1. The number of imide groups is 1. The van der Waals surface area contributed by atoms with E-state index in [0.29, 0.717) is 12.8 Å². The van der Waals surface area contributed by atoms with Crippen molar-refractivity contribution in [3.63, 3.8) is 0 Å². The lowest BCUT2D eigenvalue weighted by atomic mass is 9.93. The Kier molecular flexibility index (Phi) is 5.43. The second-order valence-electron chi connectivity index (χ2n) is 8.45. The summed E-state index contributed by atoms with van der Waals surface area (Å²) < 4.78 is 5.17. The highest BCUT2D eigenvalue weighted by molar-refractivity contribution is 6.10. The van der Waals surface area contributed by atoms with Crippen LogP contribution in [-0.4, -0.2) is 48.0 Å². The number of para-hydroxylation sites is 1. The number of fused-ring (bicyclic) bond motifs is 1. The van der Waals surface area contributed by atoms with Crippen molar-refractivity contribution in [3.05, 3.63) is 59.7 Å². The molecule has 2 aliphatic heterocycles. The van der Waals surface area contributed by atoms with Crippen molar-refractivity contribution in [2.45, 2.75) is 44.7 Å². The normalized spacial score (nSPS) is 22.5. The third kappa shape index (κ3) is 3.87. The number of hydrogen-bond donors (Lipinski definition) is 1. The number of carbonyl (C=O) groups is 3.